The van der Waals surface area contributed by atoms with Gasteiger partial charge >= 0.3 is 6.03 Å². The Hall–Kier alpha value is -2.69. The van der Waals surface area contributed by atoms with Gasteiger partial charge in [-0.1, -0.05) is 12.1 Å². The van der Waals surface area contributed by atoms with E-state index >= 15 is 0 Å². The first-order valence-corrected chi connectivity index (χ1v) is 6.83. The maximum Gasteiger partial charge on any atom is 0.324 e. The van der Waals surface area contributed by atoms with Crippen molar-refractivity contribution in [2.45, 2.75) is 6.54 Å². The molecule has 1 aliphatic heterocycles. The van der Waals surface area contributed by atoms with E-state index in [9.17, 15) is 9.90 Å². The van der Waals surface area contributed by atoms with E-state index in [0.717, 1.165) is 11.3 Å². The summed E-state index contributed by atoms with van der Waals surface area (Å²) in [5.74, 6) is 0.231. The summed E-state index contributed by atoms with van der Waals surface area (Å²) in [6, 6.07) is 14.2. The first kappa shape index (κ1) is 13.3. The minimum atomic E-state index is -0.00662. The van der Waals surface area contributed by atoms with Crippen molar-refractivity contribution in [1.29, 1.82) is 0 Å². The number of aromatic hydroxyl groups is 1. The van der Waals surface area contributed by atoms with Crippen LogP contribution >= 0.6 is 0 Å². The van der Waals surface area contributed by atoms with Crippen LogP contribution in [0.5, 0.6) is 5.75 Å². The molecule has 5 heteroatoms. The average Bonchev–Trinajstić information content (AvgIpc) is 2.84. The lowest BCUT2D eigenvalue weighted by Gasteiger charge is -2.19. The molecule has 108 valence electrons. The lowest BCUT2D eigenvalue weighted by molar-refractivity contribution is 0.219. The fourth-order valence-corrected chi connectivity index (χ4v) is 2.44. The van der Waals surface area contributed by atoms with Crippen molar-refractivity contribution < 1.29 is 9.90 Å². The maximum atomic E-state index is 12.4. The van der Waals surface area contributed by atoms with Crippen molar-refractivity contribution in [2.75, 3.05) is 23.7 Å². The number of carbonyl (C=O) groups is 1. The molecule has 5 nitrogen and oxygen atoms in total. The number of amides is 2. The van der Waals surface area contributed by atoms with Gasteiger partial charge in [-0.15, -0.1) is 0 Å². The van der Waals surface area contributed by atoms with Crippen LogP contribution in [0.15, 0.2) is 48.5 Å². The molecule has 1 heterocycles. The zero-order valence-corrected chi connectivity index (χ0v) is 11.6. The molecule has 2 amide bonds. The van der Waals surface area contributed by atoms with Gasteiger partial charge in [0.25, 0.3) is 0 Å². The van der Waals surface area contributed by atoms with Gasteiger partial charge in [0.15, 0.2) is 0 Å². The second-order valence-corrected chi connectivity index (χ2v) is 5.11. The van der Waals surface area contributed by atoms with Crippen LogP contribution < -0.4 is 10.6 Å². The largest absolute Gasteiger partial charge is 0.508 e. The van der Waals surface area contributed by atoms with Gasteiger partial charge in [0.05, 0.1) is 0 Å². The lowest BCUT2D eigenvalue weighted by atomic mass is 10.2. The number of rotatable bonds is 3. The molecule has 0 unspecified atom stereocenters. The van der Waals surface area contributed by atoms with E-state index in [1.165, 1.54) is 0 Å². The van der Waals surface area contributed by atoms with Crippen LogP contribution in [0.2, 0.25) is 0 Å². The van der Waals surface area contributed by atoms with Gasteiger partial charge in [-0.2, -0.15) is 0 Å². The van der Waals surface area contributed by atoms with Crippen LogP contribution in [-0.2, 0) is 6.54 Å². The van der Waals surface area contributed by atoms with Crippen LogP contribution in [0.3, 0.4) is 0 Å². The predicted molar refractivity (Wildman–Crippen MR) is 82.1 cm³/mol. The molecule has 0 atom stereocenters. The van der Waals surface area contributed by atoms with Gasteiger partial charge in [-0.05, 0) is 42.0 Å². The van der Waals surface area contributed by atoms with Crippen LogP contribution in [0.1, 0.15) is 5.56 Å². The van der Waals surface area contributed by atoms with E-state index in [-0.39, 0.29) is 11.8 Å². The Kier molecular flexibility index (Phi) is 3.39. The summed E-state index contributed by atoms with van der Waals surface area (Å²) < 4.78 is 0. The minimum absolute atomic E-state index is 0.00662. The first-order valence-electron chi connectivity index (χ1n) is 6.83. The van der Waals surface area contributed by atoms with E-state index in [1.807, 2.05) is 24.3 Å². The molecule has 1 aliphatic rings. The second-order valence-electron chi connectivity index (χ2n) is 5.11. The average molecular weight is 283 g/mol. The Morgan fingerprint density at radius 2 is 1.67 bits per heavy atom. The highest BCUT2D eigenvalue weighted by molar-refractivity contribution is 5.94. The molecule has 3 rings (SSSR count). The van der Waals surface area contributed by atoms with Gasteiger partial charge in [0, 0.05) is 31.0 Å². The Bertz CT molecular complexity index is 638. The highest BCUT2D eigenvalue weighted by atomic mass is 16.3. The number of phenolic OH excluding ortho intramolecular Hbond substituents is 1. The molecular weight excluding hydrogens is 266 g/mol. The Balaban J connectivity index is 1.71. The molecule has 3 N–H and O–H groups in total. The van der Waals surface area contributed by atoms with Gasteiger partial charge in [0.1, 0.15) is 5.75 Å². The third kappa shape index (κ3) is 2.76. The molecule has 21 heavy (non-hydrogen) atoms. The maximum absolute atomic E-state index is 12.4. The van der Waals surface area contributed by atoms with Gasteiger partial charge < -0.3 is 15.7 Å². The molecule has 0 spiro atoms. The molecule has 2 aromatic rings. The van der Waals surface area contributed by atoms with Crippen molar-refractivity contribution in [3.05, 3.63) is 54.1 Å². The van der Waals surface area contributed by atoms with Crippen molar-refractivity contribution in [3.8, 4) is 5.75 Å². The highest BCUT2D eigenvalue weighted by Crippen LogP contribution is 2.23. The van der Waals surface area contributed by atoms with E-state index in [4.69, 9.17) is 5.73 Å². The fraction of sp³-hybridized carbons (Fsp3) is 0.188. The highest BCUT2D eigenvalue weighted by Gasteiger charge is 2.29. The summed E-state index contributed by atoms with van der Waals surface area (Å²) in [5.41, 5.74) is 8.22. The first-order chi connectivity index (χ1) is 10.1. The molecule has 2 aromatic carbocycles. The quantitative estimate of drug-likeness (QED) is 0.850. The van der Waals surface area contributed by atoms with Crippen molar-refractivity contribution >= 4 is 17.4 Å². The summed E-state index contributed by atoms with van der Waals surface area (Å²) in [7, 11) is 0. The smallest absolute Gasteiger partial charge is 0.324 e. The number of carbonyl (C=O) groups excluding carboxylic acids is 1. The Morgan fingerprint density at radius 3 is 2.33 bits per heavy atom. The molecule has 0 bridgehead atoms. The SMILES string of the molecule is Nc1ccc(N2CCN(Cc3ccc(O)cc3)C2=O)cc1. The number of hydrogen-bond acceptors (Lipinski definition) is 3. The fourth-order valence-electron chi connectivity index (χ4n) is 2.44. The predicted octanol–water partition coefficient (Wildman–Crippen LogP) is 2.42. The zero-order chi connectivity index (χ0) is 14.8. The molecule has 0 aliphatic carbocycles. The standard InChI is InChI=1S/C16H17N3O2/c17-13-3-5-14(6-4-13)19-10-9-18(16(19)21)11-12-1-7-15(20)8-2-12/h1-8,20H,9-11,17H2. The number of anilines is 2. The normalized spacial score (nSPS) is 14.8. The number of benzene rings is 2. The third-order valence-corrected chi connectivity index (χ3v) is 3.61. The van der Waals surface area contributed by atoms with Crippen molar-refractivity contribution in [3.63, 3.8) is 0 Å². The number of urea groups is 1. The number of hydrogen-bond donors (Lipinski definition) is 2. The molecular formula is C16H17N3O2. The summed E-state index contributed by atoms with van der Waals surface area (Å²) in [6.45, 7) is 1.90. The Labute approximate surface area is 123 Å². The summed E-state index contributed by atoms with van der Waals surface area (Å²) in [4.78, 5) is 16.0. The van der Waals surface area contributed by atoms with Crippen LogP contribution in [0, 0.1) is 0 Å². The molecule has 1 fully saturated rings. The topological polar surface area (TPSA) is 69.8 Å². The van der Waals surface area contributed by atoms with E-state index in [2.05, 4.69) is 0 Å². The van der Waals surface area contributed by atoms with Gasteiger partial charge in [-0.25, -0.2) is 4.79 Å². The van der Waals surface area contributed by atoms with Crippen LogP contribution in [-0.4, -0.2) is 29.1 Å². The van der Waals surface area contributed by atoms with E-state index in [1.54, 1.807) is 34.1 Å². The Morgan fingerprint density at radius 1 is 1.00 bits per heavy atom. The monoisotopic (exact) mass is 283 g/mol. The van der Waals surface area contributed by atoms with Crippen molar-refractivity contribution in [2.24, 2.45) is 0 Å². The van der Waals surface area contributed by atoms with E-state index in [0.29, 0.717) is 25.3 Å². The molecule has 0 saturated carbocycles. The molecule has 0 radical (unpaired) electrons. The lowest BCUT2D eigenvalue weighted by Crippen LogP contribution is -2.31. The summed E-state index contributed by atoms with van der Waals surface area (Å²) >= 11 is 0. The number of nitrogens with two attached hydrogens (primary N) is 1. The zero-order valence-electron chi connectivity index (χ0n) is 11.6. The molecule has 1 saturated heterocycles. The van der Waals surface area contributed by atoms with Crippen LogP contribution in [0.4, 0.5) is 16.2 Å². The number of nitrogen functional groups attached to an aromatic ring is 1. The summed E-state index contributed by atoms with van der Waals surface area (Å²) in [5, 5.41) is 9.28. The third-order valence-electron chi connectivity index (χ3n) is 3.61. The minimum Gasteiger partial charge on any atom is -0.508 e. The molecule has 0 aromatic heterocycles. The summed E-state index contributed by atoms with van der Waals surface area (Å²) in [6.07, 6.45) is 0. The second kappa shape index (κ2) is 5.36. The number of phenols is 1. The number of nitrogens with zero attached hydrogens (tertiary/aromatic N) is 2. The van der Waals surface area contributed by atoms with Crippen LogP contribution in [0.25, 0.3) is 0 Å². The van der Waals surface area contributed by atoms with Crippen molar-refractivity contribution in [1.82, 2.24) is 4.90 Å². The van der Waals surface area contributed by atoms with E-state index < -0.39 is 0 Å². The van der Waals surface area contributed by atoms with Gasteiger partial charge in [0.2, 0.25) is 0 Å². The van der Waals surface area contributed by atoms with Gasteiger partial charge in [-0.3, -0.25) is 4.90 Å².